The molecular formula is C16H27N5O. The minimum absolute atomic E-state index is 0.0573. The Morgan fingerprint density at radius 2 is 2.45 bits per heavy atom. The molecular weight excluding hydrogens is 278 g/mol. The van der Waals surface area contributed by atoms with E-state index >= 15 is 0 Å². The Balaban J connectivity index is 2.00. The molecule has 0 bridgehead atoms. The molecule has 1 atom stereocenters. The lowest BCUT2D eigenvalue weighted by Gasteiger charge is -2.34. The number of guanidine groups is 1. The summed E-state index contributed by atoms with van der Waals surface area (Å²) < 4.78 is 7.70. The highest BCUT2D eigenvalue weighted by Crippen LogP contribution is 2.21. The molecule has 1 aromatic heterocycles. The molecule has 1 aromatic rings. The van der Waals surface area contributed by atoms with E-state index in [0.29, 0.717) is 6.61 Å². The minimum Gasteiger partial charge on any atom is -0.370 e. The van der Waals surface area contributed by atoms with Crippen LogP contribution in [0, 0.1) is 0 Å². The minimum atomic E-state index is 0.0573. The Hall–Kier alpha value is -1.82. The van der Waals surface area contributed by atoms with Crippen molar-refractivity contribution in [3.8, 4) is 0 Å². The summed E-state index contributed by atoms with van der Waals surface area (Å²) in [5, 5.41) is 7.61. The topological polar surface area (TPSA) is 54.7 Å². The third-order valence-corrected chi connectivity index (χ3v) is 3.59. The molecule has 0 spiro atoms. The fraction of sp³-hybridized carbons (Fsp3) is 0.625. The van der Waals surface area contributed by atoms with E-state index in [1.807, 2.05) is 31.0 Å². The van der Waals surface area contributed by atoms with Crippen LogP contribution in [0.3, 0.4) is 0 Å². The molecule has 0 amide bonds. The van der Waals surface area contributed by atoms with Gasteiger partial charge in [-0.3, -0.25) is 9.67 Å². The average molecular weight is 305 g/mol. The number of nitrogens with zero attached hydrogens (tertiary/aromatic N) is 4. The second kappa shape index (κ2) is 8.58. The van der Waals surface area contributed by atoms with Crippen LogP contribution in [0.2, 0.25) is 0 Å². The van der Waals surface area contributed by atoms with Crippen LogP contribution >= 0.6 is 0 Å². The number of hydrogen-bond donors (Lipinski definition) is 1. The summed E-state index contributed by atoms with van der Waals surface area (Å²) in [5.74, 6) is 0.976. The van der Waals surface area contributed by atoms with Gasteiger partial charge in [0.25, 0.3) is 0 Å². The number of nitrogens with one attached hydrogen (secondary N) is 1. The average Bonchev–Trinajstić information content (AvgIpc) is 2.97. The zero-order valence-electron chi connectivity index (χ0n) is 13.8. The maximum atomic E-state index is 5.89. The molecule has 0 saturated carbocycles. The summed E-state index contributed by atoms with van der Waals surface area (Å²) in [6.45, 7) is 8.20. The van der Waals surface area contributed by atoms with Gasteiger partial charge in [-0.25, -0.2) is 0 Å². The predicted octanol–water partition coefficient (Wildman–Crippen LogP) is 1.73. The number of aliphatic imine (C=N–C) groups is 1. The van der Waals surface area contributed by atoms with E-state index in [0.717, 1.165) is 44.1 Å². The number of hydrogen-bond acceptors (Lipinski definition) is 3. The Bertz CT molecular complexity index is 508. The molecule has 1 saturated heterocycles. The summed E-state index contributed by atoms with van der Waals surface area (Å²) >= 11 is 0. The maximum absolute atomic E-state index is 5.89. The second-order valence-electron chi connectivity index (χ2n) is 5.35. The van der Waals surface area contributed by atoms with Crippen molar-refractivity contribution in [3.63, 3.8) is 0 Å². The van der Waals surface area contributed by atoms with Gasteiger partial charge in [0, 0.05) is 38.4 Å². The zero-order valence-corrected chi connectivity index (χ0v) is 13.8. The Kier molecular flexibility index (Phi) is 6.45. The lowest BCUT2D eigenvalue weighted by atomic mass is 10.1. The van der Waals surface area contributed by atoms with Gasteiger partial charge in [0.15, 0.2) is 5.96 Å². The number of allylic oxidation sites excluding steroid dienone is 1. The van der Waals surface area contributed by atoms with Crippen LogP contribution in [0.25, 0.3) is 0 Å². The Morgan fingerprint density at radius 3 is 3.14 bits per heavy atom. The van der Waals surface area contributed by atoms with Crippen LogP contribution in [0.4, 0.5) is 0 Å². The highest BCUT2D eigenvalue weighted by molar-refractivity contribution is 5.80. The molecule has 6 nitrogen and oxygen atoms in total. The molecule has 1 aliphatic rings. The van der Waals surface area contributed by atoms with Gasteiger partial charge < -0.3 is 15.0 Å². The first-order valence-corrected chi connectivity index (χ1v) is 7.99. The van der Waals surface area contributed by atoms with Gasteiger partial charge in [0.1, 0.15) is 6.10 Å². The number of rotatable bonds is 5. The third-order valence-electron chi connectivity index (χ3n) is 3.59. The first-order chi connectivity index (χ1) is 10.7. The normalized spacial score (nSPS) is 19.9. The van der Waals surface area contributed by atoms with Gasteiger partial charge in [-0.05, 0) is 20.3 Å². The smallest absolute Gasteiger partial charge is 0.194 e. The summed E-state index contributed by atoms with van der Waals surface area (Å²) in [7, 11) is 1.93. The highest BCUT2D eigenvalue weighted by atomic mass is 16.5. The first-order valence-electron chi connectivity index (χ1n) is 7.99. The zero-order chi connectivity index (χ0) is 15.8. The Labute approximate surface area is 132 Å². The SMILES string of the molecule is C/C=C/CCN=C(NCC)N1CCOC(c2cnn(C)c2)C1. The van der Waals surface area contributed by atoms with E-state index in [2.05, 4.69) is 34.4 Å². The summed E-state index contributed by atoms with van der Waals surface area (Å²) in [5.41, 5.74) is 1.12. The van der Waals surface area contributed by atoms with E-state index in [-0.39, 0.29) is 6.10 Å². The van der Waals surface area contributed by atoms with Crippen LogP contribution in [-0.2, 0) is 11.8 Å². The van der Waals surface area contributed by atoms with E-state index in [4.69, 9.17) is 9.73 Å². The first kappa shape index (κ1) is 16.5. The molecule has 2 rings (SSSR count). The quantitative estimate of drug-likeness (QED) is 0.389. The van der Waals surface area contributed by atoms with Crippen molar-refractivity contribution in [2.45, 2.75) is 26.4 Å². The molecule has 0 aliphatic carbocycles. The highest BCUT2D eigenvalue weighted by Gasteiger charge is 2.24. The van der Waals surface area contributed by atoms with Crippen LogP contribution in [0.15, 0.2) is 29.5 Å². The fourth-order valence-corrected chi connectivity index (χ4v) is 2.49. The van der Waals surface area contributed by atoms with Crippen molar-refractivity contribution >= 4 is 5.96 Å². The van der Waals surface area contributed by atoms with E-state index in [9.17, 15) is 0 Å². The van der Waals surface area contributed by atoms with E-state index in [1.54, 1.807) is 0 Å². The number of morpholine rings is 1. The van der Waals surface area contributed by atoms with Gasteiger partial charge in [0.2, 0.25) is 0 Å². The van der Waals surface area contributed by atoms with Gasteiger partial charge in [-0.2, -0.15) is 5.10 Å². The van der Waals surface area contributed by atoms with Gasteiger partial charge >= 0.3 is 0 Å². The second-order valence-corrected chi connectivity index (χ2v) is 5.35. The number of aromatic nitrogens is 2. The standard InChI is InChI=1S/C16H27N5O/c1-4-6-7-8-18-16(17-5-2)21-9-10-22-15(13-21)14-11-19-20(3)12-14/h4,6,11-12,15H,5,7-10,13H2,1-3H3,(H,17,18)/b6-4+. The largest absolute Gasteiger partial charge is 0.370 e. The van der Waals surface area contributed by atoms with Crippen LogP contribution in [-0.4, -0.2) is 53.4 Å². The van der Waals surface area contributed by atoms with Gasteiger partial charge in [0.05, 0.1) is 19.3 Å². The molecule has 2 heterocycles. The van der Waals surface area contributed by atoms with Crippen molar-refractivity contribution in [3.05, 3.63) is 30.1 Å². The lowest BCUT2D eigenvalue weighted by molar-refractivity contribution is -0.00803. The van der Waals surface area contributed by atoms with Crippen molar-refractivity contribution in [1.29, 1.82) is 0 Å². The monoisotopic (exact) mass is 305 g/mol. The van der Waals surface area contributed by atoms with Crippen LogP contribution in [0.5, 0.6) is 0 Å². The van der Waals surface area contributed by atoms with E-state index < -0.39 is 0 Å². The fourth-order valence-electron chi connectivity index (χ4n) is 2.49. The van der Waals surface area contributed by atoms with Crippen LogP contribution < -0.4 is 5.32 Å². The molecule has 122 valence electrons. The molecule has 1 N–H and O–H groups in total. The molecule has 0 aromatic carbocycles. The molecule has 6 heteroatoms. The van der Waals surface area contributed by atoms with E-state index in [1.165, 1.54) is 0 Å². The third kappa shape index (κ3) is 4.59. The molecule has 1 fully saturated rings. The van der Waals surface area contributed by atoms with Crippen molar-refractivity contribution in [2.75, 3.05) is 32.8 Å². The molecule has 1 aliphatic heterocycles. The molecule has 1 unspecified atom stereocenters. The van der Waals surface area contributed by atoms with Crippen LogP contribution in [0.1, 0.15) is 31.9 Å². The van der Waals surface area contributed by atoms with Gasteiger partial charge in [-0.15, -0.1) is 0 Å². The van der Waals surface area contributed by atoms with Crippen molar-refractivity contribution < 1.29 is 4.74 Å². The maximum Gasteiger partial charge on any atom is 0.194 e. The Morgan fingerprint density at radius 1 is 1.59 bits per heavy atom. The predicted molar refractivity (Wildman–Crippen MR) is 88.9 cm³/mol. The summed E-state index contributed by atoms with van der Waals surface area (Å²) in [6, 6.07) is 0. The van der Waals surface area contributed by atoms with Gasteiger partial charge in [-0.1, -0.05) is 12.2 Å². The van der Waals surface area contributed by atoms with Crippen molar-refractivity contribution in [2.24, 2.45) is 12.0 Å². The number of ether oxygens (including phenoxy) is 1. The molecule has 0 radical (unpaired) electrons. The van der Waals surface area contributed by atoms with Crippen molar-refractivity contribution in [1.82, 2.24) is 20.0 Å². The number of aryl methyl sites for hydroxylation is 1. The lowest BCUT2D eigenvalue weighted by Crippen LogP contribution is -2.48. The summed E-state index contributed by atoms with van der Waals surface area (Å²) in [4.78, 5) is 6.99. The molecule has 22 heavy (non-hydrogen) atoms. The summed E-state index contributed by atoms with van der Waals surface area (Å²) in [6.07, 6.45) is 9.14.